The Morgan fingerprint density at radius 3 is 1.62 bits per heavy atom. The molecule has 2 heteroatoms. The topological polar surface area (TPSA) is 16.4 Å². The largest absolute Gasteiger partial charge is 0.456 e. The van der Waals surface area contributed by atoms with Crippen molar-refractivity contribution in [2.24, 2.45) is 0 Å². The number of hydrogen-bond acceptors (Lipinski definition) is 2. The first-order valence-corrected chi connectivity index (χ1v) is 19.2. The smallest absolute Gasteiger partial charge is 0.136 e. The lowest BCUT2D eigenvalue weighted by Crippen LogP contribution is -2.11. The second kappa shape index (κ2) is 13.2. The number of rotatable bonds is 6. The van der Waals surface area contributed by atoms with E-state index < -0.39 is 0 Å². The fourth-order valence-electron chi connectivity index (χ4n) is 8.41. The summed E-state index contributed by atoms with van der Waals surface area (Å²) in [5.41, 5.74) is 12.1. The zero-order valence-electron chi connectivity index (χ0n) is 30.6. The maximum absolute atomic E-state index is 6.40. The Hall–Kier alpha value is -7.42. The zero-order chi connectivity index (χ0) is 37.0. The quantitative estimate of drug-likeness (QED) is 0.171. The second-order valence-corrected chi connectivity index (χ2v) is 14.5. The molecular weight excluding hydrogens is 679 g/mol. The Kier molecular flexibility index (Phi) is 7.53. The number of fused-ring (bicyclic) bond motifs is 6. The van der Waals surface area contributed by atoms with Gasteiger partial charge in [0.25, 0.3) is 0 Å². The highest BCUT2D eigenvalue weighted by atomic mass is 16.3. The third-order valence-electron chi connectivity index (χ3n) is 11.2. The first-order chi connectivity index (χ1) is 27.7. The molecule has 56 heavy (non-hydrogen) atoms. The van der Waals surface area contributed by atoms with Crippen LogP contribution in [0.1, 0.15) is 0 Å². The monoisotopic (exact) mass is 713 g/mol. The standard InChI is InChI=1S/C54H35NO/c1-2-12-40-32-43(21-20-36(40)10-1)37-22-27-45(28-23-37)55(46-29-24-39(25-30-46)48-18-9-15-38-11-5-6-16-47(38)48)52-19-8-7-17-49(52)44-26-31-53-50(34-44)51-33-41-13-3-4-14-42(41)35-54(51)56-53/h1-35H. The highest BCUT2D eigenvalue weighted by Gasteiger charge is 2.19. The molecule has 0 bridgehead atoms. The van der Waals surface area contributed by atoms with Crippen LogP contribution in [0, 0.1) is 0 Å². The van der Waals surface area contributed by atoms with Crippen molar-refractivity contribution < 1.29 is 4.42 Å². The van der Waals surface area contributed by atoms with Gasteiger partial charge >= 0.3 is 0 Å². The molecule has 2 nitrogen and oxygen atoms in total. The van der Waals surface area contributed by atoms with Crippen LogP contribution in [0.15, 0.2) is 217 Å². The van der Waals surface area contributed by atoms with E-state index in [4.69, 9.17) is 4.42 Å². The lowest BCUT2D eigenvalue weighted by atomic mass is 9.97. The lowest BCUT2D eigenvalue weighted by molar-refractivity contribution is 0.669. The highest BCUT2D eigenvalue weighted by molar-refractivity contribution is 6.11. The van der Waals surface area contributed by atoms with Crippen LogP contribution in [0.4, 0.5) is 17.1 Å². The van der Waals surface area contributed by atoms with Gasteiger partial charge in [0.15, 0.2) is 0 Å². The van der Waals surface area contributed by atoms with Crippen LogP contribution >= 0.6 is 0 Å². The lowest BCUT2D eigenvalue weighted by Gasteiger charge is -2.28. The van der Waals surface area contributed by atoms with Crippen LogP contribution in [0.2, 0.25) is 0 Å². The number of hydrogen-bond donors (Lipinski definition) is 0. The van der Waals surface area contributed by atoms with Gasteiger partial charge in [0.2, 0.25) is 0 Å². The van der Waals surface area contributed by atoms with E-state index in [9.17, 15) is 0 Å². The van der Waals surface area contributed by atoms with Gasteiger partial charge in [0.1, 0.15) is 11.2 Å². The summed E-state index contributed by atoms with van der Waals surface area (Å²) in [6, 6.07) is 76.6. The molecular formula is C54H35NO. The molecule has 11 aromatic rings. The Labute approximate surface area is 325 Å². The van der Waals surface area contributed by atoms with Crippen molar-refractivity contribution in [3.63, 3.8) is 0 Å². The highest BCUT2D eigenvalue weighted by Crippen LogP contribution is 2.44. The third kappa shape index (κ3) is 5.51. The van der Waals surface area contributed by atoms with Crippen LogP contribution in [0.5, 0.6) is 0 Å². The van der Waals surface area contributed by atoms with Crippen LogP contribution in [-0.4, -0.2) is 0 Å². The van der Waals surface area contributed by atoms with E-state index in [-0.39, 0.29) is 0 Å². The molecule has 0 amide bonds. The normalized spacial score (nSPS) is 11.6. The van der Waals surface area contributed by atoms with Crippen LogP contribution in [0.25, 0.3) is 87.6 Å². The van der Waals surface area contributed by atoms with Gasteiger partial charge < -0.3 is 9.32 Å². The predicted molar refractivity (Wildman–Crippen MR) is 237 cm³/mol. The second-order valence-electron chi connectivity index (χ2n) is 14.5. The summed E-state index contributed by atoms with van der Waals surface area (Å²) < 4.78 is 6.40. The first kappa shape index (κ1) is 32.0. The molecule has 0 atom stereocenters. The minimum Gasteiger partial charge on any atom is -0.456 e. The van der Waals surface area contributed by atoms with E-state index >= 15 is 0 Å². The molecule has 0 saturated heterocycles. The molecule has 0 aliphatic heterocycles. The van der Waals surface area contributed by atoms with Crippen LogP contribution < -0.4 is 4.90 Å². The van der Waals surface area contributed by atoms with Gasteiger partial charge in [-0.2, -0.15) is 0 Å². The van der Waals surface area contributed by atoms with E-state index in [1.54, 1.807) is 0 Å². The predicted octanol–water partition coefficient (Wildman–Crippen LogP) is 15.5. The van der Waals surface area contributed by atoms with Crippen molar-refractivity contribution in [2.75, 3.05) is 4.90 Å². The van der Waals surface area contributed by atoms with Gasteiger partial charge in [-0.3, -0.25) is 0 Å². The molecule has 11 rings (SSSR count). The zero-order valence-corrected chi connectivity index (χ0v) is 30.6. The van der Waals surface area contributed by atoms with E-state index in [1.165, 1.54) is 54.6 Å². The van der Waals surface area contributed by atoms with E-state index in [0.29, 0.717) is 0 Å². The molecule has 262 valence electrons. The Morgan fingerprint density at radius 1 is 0.286 bits per heavy atom. The number of anilines is 3. The number of para-hydroxylation sites is 1. The number of benzene rings is 10. The molecule has 0 aliphatic rings. The van der Waals surface area contributed by atoms with Crippen molar-refractivity contribution >= 4 is 71.3 Å². The molecule has 0 saturated carbocycles. The molecule has 0 radical (unpaired) electrons. The van der Waals surface area contributed by atoms with Gasteiger partial charge in [-0.1, -0.05) is 152 Å². The van der Waals surface area contributed by atoms with Crippen molar-refractivity contribution in [3.8, 4) is 33.4 Å². The average molecular weight is 714 g/mol. The number of nitrogens with zero attached hydrogens (tertiary/aromatic N) is 1. The molecule has 0 N–H and O–H groups in total. The van der Waals surface area contributed by atoms with Gasteiger partial charge in [-0.25, -0.2) is 0 Å². The SMILES string of the molecule is c1ccc(N(c2ccc(-c3ccc4ccccc4c3)cc2)c2ccc(-c3cccc4ccccc34)cc2)c(-c2ccc3oc4cc5ccccc5cc4c3c2)c1. The van der Waals surface area contributed by atoms with Gasteiger partial charge in [-0.05, 0) is 121 Å². The first-order valence-electron chi connectivity index (χ1n) is 19.2. The fourth-order valence-corrected chi connectivity index (χ4v) is 8.41. The fraction of sp³-hybridized carbons (Fsp3) is 0. The minimum atomic E-state index is 0.890. The third-order valence-corrected chi connectivity index (χ3v) is 11.2. The van der Waals surface area contributed by atoms with Gasteiger partial charge in [-0.15, -0.1) is 0 Å². The van der Waals surface area contributed by atoms with Crippen molar-refractivity contribution in [1.82, 2.24) is 0 Å². The van der Waals surface area contributed by atoms with Gasteiger partial charge in [0.05, 0.1) is 5.69 Å². The Bertz CT molecular complexity index is 3240. The molecule has 0 unspecified atom stereocenters. The summed E-state index contributed by atoms with van der Waals surface area (Å²) >= 11 is 0. The van der Waals surface area contributed by atoms with Gasteiger partial charge in [0, 0.05) is 27.7 Å². The molecule has 10 aromatic carbocycles. The van der Waals surface area contributed by atoms with Crippen molar-refractivity contribution in [2.45, 2.75) is 0 Å². The van der Waals surface area contributed by atoms with E-state index in [1.807, 2.05) is 0 Å². The van der Waals surface area contributed by atoms with Crippen molar-refractivity contribution in [3.05, 3.63) is 212 Å². The summed E-state index contributed by atoms with van der Waals surface area (Å²) in [5, 5.41) is 9.62. The maximum Gasteiger partial charge on any atom is 0.136 e. The Morgan fingerprint density at radius 2 is 0.839 bits per heavy atom. The van der Waals surface area contributed by atoms with Crippen molar-refractivity contribution in [1.29, 1.82) is 0 Å². The summed E-state index contributed by atoms with van der Waals surface area (Å²) in [5.74, 6) is 0. The average Bonchev–Trinajstić information content (AvgIpc) is 3.62. The summed E-state index contributed by atoms with van der Waals surface area (Å²) in [6.45, 7) is 0. The maximum atomic E-state index is 6.40. The molecule has 1 aromatic heterocycles. The van der Waals surface area contributed by atoms with E-state index in [0.717, 1.165) is 50.1 Å². The van der Waals surface area contributed by atoms with Crippen LogP contribution in [0.3, 0.4) is 0 Å². The number of furan rings is 1. The molecule has 1 heterocycles. The summed E-state index contributed by atoms with van der Waals surface area (Å²) in [6.07, 6.45) is 0. The van der Waals surface area contributed by atoms with E-state index in [2.05, 4.69) is 217 Å². The molecule has 0 fully saturated rings. The van der Waals surface area contributed by atoms with Crippen LogP contribution in [-0.2, 0) is 0 Å². The molecule has 0 spiro atoms. The Balaban J connectivity index is 1.05. The summed E-state index contributed by atoms with van der Waals surface area (Å²) in [7, 11) is 0. The molecule has 0 aliphatic carbocycles. The summed E-state index contributed by atoms with van der Waals surface area (Å²) in [4.78, 5) is 2.39. The minimum absolute atomic E-state index is 0.890.